The lowest BCUT2D eigenvalue weighted by Gasteiger charge is -2.45. The summed E-state index contributed by atoms with van der Waals surface area (Å²) in [6.45, 7) is 11.4. The van der Waals surface area contributed by atoms with Crippen molar-refractivity contribution in [1.82, 2.24) is 4.90 Å². The number of carbonyl (C=O) groups is 3. The first kappa shape index (κ1) is 25.9. The minimum absolute atomic E-state index is 0.106. The Labute approximate surface area is 180 Å². The van der Waals surface area contributed by atoms with Gasteiger partial charge >= 0.3 is 0 Å². The van der Waals surface area contributed by atoms with Gasteiger partial charge in [-0.05, 0) is 32.6 Å². The molecule has 1 atom stereocenters. The van der Waals surface area contributed by atoms with Crippen LogP contribution in [0.25, 0.3) is 0 Å². The predicted molar refractivity (Wildman–Crippen MR) is 120 cm³/mol. The molecule has 164 valence electrons. The molecule has 1 aliphatic heterocycles. The topological polar surface area (TPSA) is 54.5 Å². The third kappa shape index (κ3) is 6.18. The molecule has 0 aromatic rings. The summed E-state index contributed by atoms with van der Waals surface area (Å²) in [5.74, 6) is -0.275. The maximum absolute atomic E-state index is 13.4. The Kier molecular flexibility index (Phi) is 10.1. The maximum Gasteiger partial charge on any atom is 0.233 e. The molecule has 5 heteroatoms. The summed E-state index contributed by atoms with van der Waals surface area (Å²) in [5.41, 5.74) is -2.44. The number of nitrogens with zero attached hydrogens (tertiary/aromatic N) is 1. The van der Waals surface area contributed by atoms with Crippen LogP contribution in [0.3, 0.4) is 0 Å². The predicted octanol–water partition coefficient (Wildman–Crippen LogP) is 5.42. The van der Waals surface area contributed by atoms with E-state index in [-0.39, 0.29) is 30.1 Å². The lowest BCUT2D eigenvalue weighted by Crippen LogP contribution is -2.59. The molecule has 0 aromatic carbocycles. The molecule has 0 spiro atoms. The summed E-state index contributed by atoms with van der Waals surface area (Å²) in [6, 6.07) is 0. The van der Waals surface area contributed by atoms with Crippen molar-refractivity contribution < 1.29 is 14.4 Å². The molecule has 1 aliphatic rings. The number of unbranched alkanes of at least 4 members (excludes halogenated alkanes) is 6. The first-order valence-corrected chi connectivity index (χ1v) is 11.7. The van der Waals surface area contributed by atoms with Gasteiger partial charge in [0.15, 0.2) is 7.85 Å². The number of hydrogen-bond acceptors (Lipinski definition) is 3. The normalized spacial score (nSPS) is 18.2. The summed E-state index contributed by atoms with van der Waals surface area (Å²) in [5, 5.41) is 0. The molecule has 29 heavy (non-hydrogen) atoms. The standard InChI is InChI=1S/C24H42BNO3/c1-7-9-11-13-15-18(16-14-12-10-8-2)19-17-20(27)26(21(19)28)24(5,6)23(3,4)22(25)29/h18-19H,7-17H2,1-6H3. The number of hydrogen-bond donors (Lipinski definition) is 0. The van der Waals surface area contributed by atoms with E-state index in [0.717, 1.165) is 25.7 Å². The molecule has 0 aliphatic carbocycles. The highest BCUT2D eigenvalue weighted by atomic mass is 16.2. The molecule has 1 saturated heterocycles. The van der Waals surface area contributed by atoms with Crippen molar-refractivity contribution in [1.29, 1.82) is 0 Å². The van der Waals surface area contributed by atoms with E-state index in [1.807, 2.05) is 0 Å². The largest absolute Gasteiger partial charge is 0.312 e. The second kappa shape index (κ2) is 11.3. The van der Waals surface area contributed by atoms with Crippen LogP contribution in [0.2, 0.25) is 0 Å². The highest BCUT2D eigenvalue weighted by molar-refractivity contribution is 6.59. The Morgan fingerprint density at radius 3 is 1.86 bits per heavy atom. The van der Waals surface area contributed by atoms with Crippen molar-refractivity contribution in [3.8, 4) is 0 Å². The number of rotatable bonds is 14. The Bertz CT molecular complexity index is 558. The summed E-state index contributed by atoms with van der Waals surface area (Å²) in [4.78, 5) is 39.7. The fourth-order valence-electron chi connectivity index (χ4n) is 4.41. The third-order valence-corrected chi connectivity index (χ3v) is 7.31. The van der Waals surface area contributed by atoms with Gasteiger partial charge in [0.25, 0.3) is 0 Å². The van der Waals surface area contributed by atoms with Crippen LogP contribution in [-0.4, -0.2) is 35.8 Å². The molecule has 2 amide bonds. The van der Waals surface area contributed by atoms with Crippen LogP contribution in [0, 0.1) is 17.3 Å². The van der Waals surface area contributed by atoms with Crippen molar-refractivity contribution in [2.24, 2.45) is 17.3 Å². The molecule has 2 radical (unpaired) electrons. The van der Waals surface area contributed by atoms with Crippen LogP contribution < -0.4 is 0 Å². The first-order chi connectivity index (χ1) is 13.5. The maximum atomic E-state index is 13.4. The van der Waals surface area contributed by atoms with Gasteiger partial charge in [-0.25, -0.2) is 0 Å². The van der Waals surface area contributed by atoms with Gasteiger partial charge in [0.2, 0.25) is 11.8 Å². The molecule has 0 N–H and O–H groups in total. The van der Waals surface area contributed by atoms with Gasteiger partial charge in [0.1, 0.15) is 0 Å². The molecule has 0 aromatic heterocycles. The van der Waals surface area contributed by atoms with E-state index in [1.165, 1.54) is 43.4 Å². The van der Waals surface area contributed by atoms with E-state index in [0.29, 0.717) is 0 Å². The molecule has 1 unspecified atom stereocenters. The van der Waals surface area contributed by atoms with Gasteiger partial charge in [0, 0.05) is 11.8 Å². The minimum atomic E-state index is -0.995. The van der Waals surface area contributed by atoms with E-state index in [2.05, 4.69) is 13.8 Å². The summed E-state index contributed by atoms with van der Waals surface area (Å²) in [7, 11) is 5.61. The summed E-state index contributed by atoms with van der Waals surface area (Å²) in [6.07, 6.45) is 11.7. The zero-order valence-corrected chi connectivity index (χ0v) is 19.7. The smallest absolute Gasteiger partial charge is 0.233 e. The van der Waals surface area contributed by atoms with Crippen molar-refractivity contribution in [3.05, 3.63) is 0 Å². The highest BCUT2D eigenvalue weighted by Crippen LogP contribution is 2.43. The second-order valence-corrected chi connectivity index (χ2v) is 9.89. The van der Waals surface area contributed by atoms with E-state index in [9.17, 15) is 14.4 Å². The fourth-order valence-corrected chi connectivity index (χ4v) is 4.41. The zero-order valence-electron chi connectivity index (χ0n) is 19.7. The molecule has 1 rings (SSSR count). The van der Waals surface area contributed by atoms with Gasteiger partial charge in [0.05, 0.1) is 17.1 Å². The van der Waals surface area contributed by atoms with Crippen LogP contribution >= 0.6 is 0 Å². The molecule has 1 fully saturated rings. The fraction of sp³-hybridized carbons (Fsp3) is 0.875. The van der Waals surface area contributed by atoms with E-state index in [1.54, 1.807) is 27.7 Å². The quantitative estimate of drug-likeness (QED) is 0.221. The number of carbonyl (C=O) groups excluding carboxylic acids is 3. The Balaban J connectivity index is 2.98. The average molecular weight is 403 g/mol. The van der Waals surface area contributed by atoms with E-state index >= 15 is 0 Å². The highest BCUT2D eigenvalue weighted by Gasteiger charge is 2.54. The average Bonchev–Trinajstić information content (AvgIpc) is 2.94. The molecular weight excluding hydrogens is 361 g/mol. The van der Waals surface area contributed by atoms with Gasteiger partial charge in [-0.15, -0.1) is 0 Å². The van der Waals surface area contributed by atoms with E-state index < -0.39 is 16.6 Å². The number of imide groups is 1. The lowest BCUT2D eigenvalue weighted by atomic mass is 9.65. The SMILES string of the molecule is [B]C(=O)C(C)(C)C(C)(C)N1C(=O)CC(C(CCCCCC)CCCCCC)C1=O. The molecule has 0 bridgehead atoms. The molecule has 0 saturated carbocycles. The summed E-state index contributed by atoms with van der Waals surface area (Å²) < 4.78 is 0. The van der Waals surface area contributed by atoms with E-state index in [4.69, 9.17) is 7.85 Å². The Morgan fingerprint density at radius 1 is 0.966 bits per heavy atom. The zero-order chi connectivity index (χ0) is 22.2. The van der Waals surface area contributed by atoms with Crippen LogP contribution in [0.4, 0.5) is 0 Å². The van der Waals surface area contributed by atoms with Gasteiger partial charge < -0.3 is 4.79 Å². The Hall–Kier alpha value is -1.13. The summed E-state index contributed by atoms with van der Waals surface area (Å²) >= 11 is 0. The Morgan fingerprint density at radius 2 is 1.45 bits per heavy atom. The van der Waals surface area contributed by atoms with Crippen LogP contribution in [0.5, 0.6) is 0 Å². The molecular formula is C24H42BNO3. The van der Waals surface area contributed by atoms with Crippen LogP contribution in [0.15, 0.2) is 0 Å². The minimum Gasteiger partial charge on any atom is -0.312 e. The molecule has 1 heterocycles. The monoisotopic (exact) mass is 403 g/mol. The van der Waals surface area contributed by atoms with Crippen molar-refractivity contribution in [2.75, 3.05) is 0 Å². The third-order valence-electron chi connectivity index (χ3n) is 7.31. The second-order valence-electron chi connectivity index (χ2n) is 9.89. The van der Waals surface area contributed by atoms with Gasteiger partial charge in [-0.2, -0.15) is 0 Å². The molecule has 4 nitrogen and oxygen atoms in total. The van der Waals surface area contributed by atoms with Gasteiger partial charge in [-0.3, -0.25) is 14.5 Å². The first-order valence-electron chi connectivity index (χ1n) is 11.7. The van der Waals surface area contributed by atoms with Crippen molar-refractivity contribution in [3.63, 3.8) is 0 Å². The van der Waals surface area contributed by atoms with Crippen molar-refractivity contribution >= 4 is 25.3 Å². The van der Waals surface area contributed by atoms with Crippen LogP contribution in [0.1, 0.15) is 112 Å². The van der Waals surface area contributed by atoms with Crippen LogP contribution in [-0.2, 0) is 14.4 Å². The number of likely N-dealkylation sites (tertiary alicyclic amines) is 1. The van der Waals surface area contributed by atoms with Crippen molar-refractivity contribution in [2.45, 2.75) is 118 Å². The number of amides is 2. The van der Waals surface area contributed by atoms with Gasteiger partial charge in [-0.1, -0.05) is 79.1 Å². The lowest BCUT2D eigenvalue weighted by molar-refractivity contribution is -0.152.